The van der Waals surface area contributed by atoms with Gasteiger partial charge in [0.15, 0.2) is 5.78 Å². The number of carbonyl (C=O) groups excluding carboxylic acids is 5. The SMILES string of the molecule is Cc1ccccc1NC(=O)C(=O)N1CC2CCCC2C1(C(N)=O)[C@H](C[C@H]1CCNC1=O)C(=O)COC(F)(F)F. The van der Waals surface area contributed by atoms with Crippen LogP contribution in [0.1, 0.15) is 37.7 Å². The van der Waals surface area contributed by atoms with Gasteiger partial charge in [0.05, 0.1) is 5.92 Å². The molecule has 1 aromatic rings. The molecule has 1 saturated carbocycles. The number of benzene rings is 1. The fraction of sp³-hybridized carbons (Fsp3) is 0.577. The van der Waals surface area contributed by atoms with E-state index in [1.54, 1.807) is 31.2 Å². The minimum atomic E-state index is -5.13. The molecule has 5 atom stereocenters. The van der Waals surface area contributed by atoms with E-state index in [2.05, 4.69) is 15.4 Å². The number of rotatable bonds is 8. The van der Waals surface area contributed by atoms with E-state index in [-0.39, 0.29) is 25.3 Å². The monoisotopic (exact) mass is 552 g/mol. The van der Waals surface area contributed by atoms with E-state index in [1.165, 1.54) is 0 Å². The van der Waals surface area contributed by atoms with Crippen molar-refractivity contribution in [2.75, 3.05) is 25.0 Å². The van der Waals surface area contributed by atoms with Crippen molar-refractivity contribution in [2.24, 2.45) is 29.4 Å². The molecular formula is C26H31F3N4O6. The Morgan fingerprint density at radius 3 is 2.54 bits per heavy atom. The largest absolute Gasteiger partial charge is 0.522 e. The molecule has 0 radical (unpaired) electrons. The minimum Gasteiger partial charge on any atom is -0.368 e. The number of nitrogens with two attached hydrogens (primary N) is 1. The van der Waals surface area contributed by atoms with Gasteiger partial charge in [-0.1, -0.05) is 24.6 Å². The van der Waals surface area contributed by atoms with Crippen LogP contribution in [0, 0.1) is 30.6 Å². The molecule has 212 valence electrons. The first-order valence-electron chi connectivity index (χ1n) is 12.9. The molecule has 0 spiro atoms. The van der Waals surface area contributed by atoms with Gasteiger partial charge in [0.1, 0.15) is 12.1 Å². The molecule has 1 aromatic carbocycles. The molecule has 2 heterocycles. The van der Waals surface area contributed by atoms with Gasteiger partial charge in [-0.05, 0) is 56.1 Å². The number of ketones is 1. The fourth-order valence-electron chi connectivity index (χ4n) is 6.58. The van der Waals surface area contributed by atoms with Crippen LogP contribution in [0.2, 0.25) is 0 Å². The quantitative estimate of drug-likeness (QED) is 0.418. The maximum Gasteiger partial charge on any atom is 0.522 e. The number of para-hydroxylation sites is 1. The Hall–Kier alpha value is -3.48. The number of Topliss-reactive ketones (excluding diaryl/α,β-unsaturated/α-hetero) is 1. The Morgan fingerprint density at radius 2 is 1.92 bits per heavy atom. The van der Waals surface area contributed by atoms with E-state index in [0.717, 1.165) is 4.90 Å². The Bertz CT molecular complexity index is 1170. The summed E-state index contributed by atoms with van der Waals surface area (Å²) in [6.45, 7) is 0.511. The summed E-state index contributed by atoms with van der Waals surface area (Å²) in [4.78, 5) is 67.1. The van der Waals surface area contributed by atoms with Crippen molar-refractivity contribution in [3.8, 4) is 0 Å². The number of amides is 4. The van der Waals surface area contributed by atoms with Crippen molar-refractivity contribution in [2.45, 2.75) is 50.9 Å². The summed E-state index contributed by atoms with van der Waals surface area (Å²) in [5.74, 6) is -8.19. The molecule has 2 aliphatic heterocycles. The maximum absolute atomic E-state index is 13.7. The molecule has 0 aromatic heterocycles. The average molecular weight is 553 g/mol. The number of ether oxygens (including phenoxy) is 1. The number of halogens is 3. The molecule has 4 amide bonds. The lowest BCUT2D eigenvalue weighted by Gasteiger charge is -2.44. The van der Waals surface area contributed by atoms with Crippen LogP contribution in [0.15, 0.2) is 24.3 Å². The van der Waals surface area contributed by atoms with E-state index in [0.29, 0.717) is 37.1 Å². The number of likely N-dealkylation sites (tertiary alicyclic amines) is 1. The minimum absolute atomic E-state index is 0.0750. The highest BCUT2D eigenvalue weighted by atomic mass is 19.4. The van der Waals surface area contributed by atoms with Gasteiger partial charge in [-0.2, -0.15) is 0 Å². The predicted octanol–water partition coefficient (Wildman–Crippen LogP) is 1.66. The standard InChI is InChI=1S/C26H31F3N4O6/c1-14-5-2-3-8-19(14)32-22(36)23(37)33-12-16-6-4-7-17(16)25(33,24(30)38)18(11-15-9-10-31-21(15)35)20(34)13-39-26(27,28)29/h2-3,5,8,15-18H,4,6-7,9-13H2,1H3,(H2,30,38)(H,31,35)(H,32,36)/t15-,16?,17?,18-,25?/m1/s1. The summed E-state index contributed by atoms with van der Waals surface area (Å²) in [5, 5.41) is 5.13. The normalized spacial score (nSPS) is 27.1. The van der Waals surface area contributed by atoms with Crippen LogP contribution in [0.4, 0.5) is 18.9 Å². The molecule has 4 rings (SSSR count). The van der Waals surface area contributed by atoms with Crippen molar-refractivity contribution < 1.29 is 41.9 Å². The van der Waals surface area contributed by atoms with Crippen LogP contribution in [0.5, 0.6) is 0 Å². The van der Waals surface area contributed by atoms with Gasteiger partial charge in [0.2, 0.25) is 11.8 Å². The van der Waals surface area contributed by atoms with Crippen molar-refractivity contribution in [3.05, 3.63) is 29.8 Å². The third-order valence-corrected chi connectivity index (χ3v) is 8.30. The Labute approximate surface area is 222 Å². The fourth-order valence-corrected chi connectivity index (χ4v) is 6.58. The van der Waals surface area contributed by atoms with Crippen molar-refractivity contribution in [3.63, 3.8) is 0 Å². The Kier molecular flexibility index (Phi) is 8.01. The molecule has 4 N–H and O–H groups in total. The molecule has 3 unspecified atom stereocenters. The maximum atomic E-state index is 13.7. The summed E-state index contributed by atoms with van der Waals surface area (Å²) in [6, 6.07) is 6.70. The summed E-state index contributed by atoms with van der Waals surface area (Å²) >= 11 is 0. The third-order valence-electron chi connectivity index (χ3n) is 8.30. The number of aryl methyl sites for hydroxylation is 1. The van der Waals surface area contributed by atoms with Gasteiger partial charge in [0, 0.05) is 24.7 Å². The van der Waals surface area contributed by atoms with Crippen LogP contribution in [-0.4, -0.2) is 65.9 Å². The first kappa shape index (κ1) is 28.5. The van der Waals surface area contributed by atoms with Crippen LogP contribution >= 0.6 is 0 Å². The van der Waals surface area contributed by atoms with Gasteiger partial charge in [0.25, 0.3) is 0 Å². The average Bonchev–Trinajstić information content (AvgIpc) is 3.57. The van der Waals surface area contributed by atoms with Gasteiger partial charge >= 0.3 is 18.2 Å². The molecule has 0 bridgehead atoms. The summed E-state index contributed by atoms with van der Waals surface area (Å²) < 4.78 is 42.5. The lowest BCUT2D eigenvalue weighted by Crippen LogP contribution is -2.67. The predicted molar refractivity (Wildman–Crippen MR) is 131 cm³/mol. The Balaban J connectivity index is 1.75. The lowest BCUT2D eigenvalue weighted by atomic mass is 9.67. The lowest BCUT2D eigenvalue weighted by molar-refractivity contribution is -0.321. The van der Waals surface area contributed by atoms with Crippen LogP contribution in [-0.2, 0) is 28.7 Å². The number of alkyl halides is 3. The summed E-state index contributed by atoms with van der Waals surface area (Å²) in [5.41, 5.74) is 4.87. The molecule has 2 saturated heterocycles. The van der Waals surface area contributed by atoms with Crippen molar-refractivity contribution in [1.29, 1.82) is 0 Å². The van der Waals surface area contributed by atoms with Crippen LogP contribution in [0.25, 0.3) is 0 Å². The highest BCUT2D eigenvalue weighted by Gasteiger charge is 2.66. The van der Waals surface area contributed by atoms with Gasteiger partial charge in [-0.15, -0.1) is 13.2 Å². The number of primary amides is 1. The number of nitrogens with zero attached hydrogens (tertiary/aromatic N) is 1. The smallest absolute Gasteiger partial charge is 0.368 e. The number of fused-ring (bicyclic) bond motifs is 1. The van der Waals surface area contributed by atoms with E-state index >= 15 is 0 Å². The molecule has 39 heavy (non-hydrogen) atoms. The topological polar surface area (TPSA) is 148 Å². The van der Waals surface area contributed by atoms with E-state index < -0.39 is 65.7 Å². The molecular weight excluding hydrogens is 521 g/mol. The van der Waals surface area contributed by atoms with Crippen molar-refractivity contribution >= 4 is 35.1 Å². The molecule has 3 fully saturated rings. The molecule has 3 aliphatic rings. The van der Waals surface area contributed by atoms with Gasteiger partial charge < -0.3 is 21.3 Å². The zero-order valence-electron chi connectivity index (χ0n) is 21.4. The van der Waals surface area contributed by atoms with E-state index in [9.17, 15) is 37.1 Å². The van der Waals surface area contributed by atoms with Crippen LogP contribution in [0.3, 0.4) is 0 Å². The second-order valence-corrected chi connectivity index (χ2v) is 10.4. The van der Waals surface area contributed by atoms with Crippen LogP contribution < -0.4 is 16.4 Å². The molecule has 10 nitrogen and oxygen atoms in total. The zero-order chi connectivity index (χ0) is 28.5. The Morgan fingerprint density at radius 1 is 1.21 bits per heavy atom. The highest BCUT2D eigenvalue weighted by molar-refractivity contribution is 6.40. The third kappa shape index (κ3) is 5.49. The molecule has 13 heteroatoms. The second-order valence-electron chi connectivity index (χ2n) is 10.4. The second kappa shape index (κ2) is 10.9. The number of nitrogens with one attached hydrogen (secondary N) is 2. The van der Waals surface area contributed by atoms with Gasteiger partial charge in [-0.3, -0.25) is 28.7 Å². The number of hydrogen-bond donors (Lipinski definition) is 3. The molecule has 1 aliphatic carbocycles. The number of carbonyl (C=O) groups is 5. The summed E-state index contributed by atoms with van der Waals surface area (Å²) in [7, 11) is 0. The summed E-state index contributed by atoms with van der Waals surface area (Å²) in [6.07, 6.45) is -3.57. The first-order chi connectivity index (χ1) is 18.4. The highest BCUT2D eigenvalue weighted by Crippen LogP contribution is 2.53. The van der Waals surface area contributed by atoms with E-state index in [1.807, 2.05) is 0 Å². The first-order valence-corrected chi connectivity index (χ1v) is 12.9. The number of anilines is 1. The van der Waals surface area contributed by atoms with Crippen molar-refractivity contribution in [1.82, 2.24) is 10.2 Å². The van der Waals surface area contributed by atoms with Gasteiger partial charge in [-0.25, -0.2) is 0 Å². The number of hydrogen-bond acceptors (Lipinski definition) is 6. The zero-order valence-corrected chi connectivity index (χ0v) is 21.4. The van der Waals surface area contributed by atoms with E-state index in [4.69, 9.17) is 5.73 Å².